The molecule has 126 valence electrons. The van der Waals surface area contributed by atoms with Crippen molar-refractivity contribution in [3.63, 3.8) is 0 Å². The number of anilines is 1. The minimum Gasteiger partial charge on any atom is -0.357 e. The van der Waals surface area contributed by atoms with Gasteiger partial charge in [0.05, 0.1) is 11.1 Å². The van der Waals surface area contributed by atoms with Crippen LogP contribution in [0.2, 0.25) is 0 Å². The number of H-pyrrole nitrogens is 1. The van der Waals surface area contributed by atoms with Crippen LogP contribution in [0.15, 0.2) is 47.3 Å². The van der Waals surface area contributed by atoms with E-state index >= 15 is 0 Å². The molecular weight excluding hydrogens is 312 g/mol. The highest BCUT2D eigenvalue weighted by Gasteiger charge is 2.19. The number of benzene rings is 2. The third kappa shape index (κ3) is 2.74. The molecule has 1 aliphatic carbocycles. The standard InChI is InChI=1S/C21H20N2O2/c1-13-7-2-4-11-17(13)23-21(25)16-10-6-9-15-19(16)22-18-12-5-3-8-14(18)20(15)24/h2,4,6-7,9-11H,3,5,8,12H2,1H3,(H,22,24)(H,23,25). The van der Waals surface area contributed by atoms with Gasteiger partial charge in [0.1, 0.15) is 0 Å². The van der Waals surface area contributed by atoms with Crippen molar-refractivity contribution in [3.05, 3.63) is 75.1 Å². The van der Waals surface area contributed by atoms with Crippen molar-refractivity contribution in [2.45, 2.75) is 32.6 Å². The van der Waals surface area contributed by atoms with Crippen LogP contribution in [0.1, 0.15) is 40.0 Å². The molecule has 0 bridgehead atoms. The third-order valence-corrected chi connectivity index (χ3v) is 4.96. The summed E-state index contributed by atoms with van der Waals surface area (Å²) in [6.45, 7) is 1.96. The first kappa shape index (κ1) is 15.6. The number of rotatable bonds is 2. The van der Waals surface area contributed by atoms with E-state index in [1.807, 2.05) is 31.2 Å². The van der Waals surface area contributed by atoms with Crippen LogP contribution in [0.4, 0.5) is 5.69 Å². The van der Waals surface area contributed by atoms with Gasteiger partial charge < -0.3 is 10.3 Å². The quantitative estimate of drug-likeness (QED) is 0.746. The number of amides is 1. The number of hydrogen-bond acceptors (Lipinski definition) is 2. The fourth-order valence-corrected chi connectivity index (χ4v) is 3.58. The lowest BCUT2D eigenvalue weighted by molar-refractivity contribution is 0.102. The number of aryl methyl sites for hydroxylation is 2. The summed E-state index contributed by atoms with van der Waals surface area (Å²) in [7, 11) is 0. The Balaban J connectivity index is 1.82. The molecule has 1 heterocycles. The second-order valence-electron chi connectivity index (χ2n) is 6.62. The predicted octanol–water partition coefficient (Wildman–Crippen LogP) is 3.97. The molecule has 1 aromatic heterocycles. The topological polar surface area (TPSA) is 62.0 Å². The molecule has 4 heteroatoms. The van der Waals surface area contributed by atoms with Gasteiger partial charge in [-0.1, -0.05) is 24.3 Å². The molecule has 4 nitrogen and oxygen atoms in total. The summed E-state index contributed by atoms with van der Waals surface area (Å²) >= 11 is 0. The molecule has 1 amide bonds. The smallest absolute Gasteiger partial charge is 0.257 e. The SMILES string of the molecule is Cc1ccccc1NC(=O)c1cccc2c(=O)c3c([nH]c12)CCCC3. The largest absolute Gasteiger partial charge is 0.357 e. The Morgan fingerprint density at radius 1 is 1.04 bits per heavy atom. The van der Waals surface area contributed by atoms with E-state index in [1.165, 1.54) is 0 Å². The van der Waals surface area contributed by atoms with Gasteiger partial charge in [-0.2, -0.15) is 0 Å². The van der Waals surface area contributed by atoms with Crippen LogP contribution in [-0.4, -0.2) is 10.9 Å². The molecule has 0 saturated heterocycles. The molecule has 0 fully saturated rings. The minimum absolute atomic E-state index is 0.0639. The van der Waals surface area contributed by atoms with E-state index in [1.54, 1.807) is 18.2 Å². The molecule has 0 aliphatic heterocycles. The van der Waals surface area contributed by atoms with Crippen LogP contribution in [-0.2, 0) is 12.8 Å². The molecule has 0 atom stereocenters. The Bertz CT molecular complexity index is 1030. The monoisotopic (exact) mass is 332 g/mol. The van der Waals surface area contributed by atoms with E-state index < -0.39 is 0 Å². The zero-order valence-corrected chi connectivity index (χ0v) is 14.2. The second kappa shape index (κ2) is 6.20. The lowest BCUT2D eigenvalue weighted by atomic mass is 9.93. The van der Waals surface area contributed by atoms with Crippen molar-refractivity contribution in [2.24, 2.45) is 0 Å². The van der Waals surface area contributed by atoms with Gasteiger partial charge in [-0.15, -0.1) is 0 Å². The van der Waals surface area contributed by atoms with E-state index in [0.29, 0.717) is 16.5 Å². The number of aromatic nitrogens is 1. The van der Waals surface area contributed by atoms with Gasteiger partial charge in [-0.25, -0.2) is 0 Å². The Hall–Kier alpha value is -2.88. The number of hydrogen-bond donors (Lipinski definition) is 2. The molecule has 0 unspecified atom stereocenters. The number of fused-ring (bicyclic) bond motifs is 2. The molecule has 2 N–H and O–H groups in total. The highest BCUT2D eigenvalue weighted by atomic mass is 16.1. The van der Waals surface area contributed by atoms with Crippen molar-refractivity contribution in [3.8, 4) is 0 Å². The first-order chi connectivity index (χ1) is 12.1. The van der Waals surface area contributed by atoms with E-state index in [9.17, 15) is 9.59 Å². The Morgan fingerprint density at radius 3 is 2.68 bits per heavy atom. The lowest BCUT2D eigenvalue weighted by Gasteiger charge is -2.17. The molecular formula is C21H20N2O2. The molecule has 2 aromatic carbocycles. The Labute approximate surface area is 145 Å². The van der Waals surface area contributed by atoms with Crippen molar-refractivity contribution in [1.82, 2.24) is 4.98 Å². The summed E-state index contributed by atoms with van der Waals surface area (Å²) in [6.07, 6.45) is 3.82. The normalized spacial score (nSPS) is 13.5. The highest BCUT2D eigenvalue weighted by molar-refractivity contribution is 6.12. The van der Waals surface area contributed by atoms with Crippen LogP contribution in [0.3, 0.4) is 0 Å². The van der Waals surface area contributed by atoms with E-state index in [0.717, 1.165) is 48.2 Å². The van der Waals surface area contributed by atoms with Crippen LogP contribution >= 0.6 is 0 Å². The predicted molar refractivity (Wildman–Crippen MR) is 100 cm³/mol. The molecule has 0 saturated carbocycles. The highest BCUT2D eigenvalue weighted by Crippen LogP contribution is 2.23. The van der Waals surface area contributed by atoms with Gasteiger partial charge in [0.15, 0.2) is 5.43 Å². The van der Waals surface area contributed by atoms with Gasteiger partial charge in [0, 0.05) is 22.3 Å². The summed E-state index contributed by atoms with van der Waals surface area (Å²) in [5.41, 5.74) is 4.86. The fourth-order valence-electron chi connectivity index (χ4n) is 3.58. The Morgan fingerprint density at radius 2 is 1.84 bits per heavy atom. The zero-order valence-electron chi connectivity index (χ0n) is 14.2. The molecule has 0 spiro atoms. The van der Waals surface area contributed by atoms with Crippen LogP contribution in [0, 0.1) is 6.92 Å². The number of aromatic amines is 1. The van der Waals surface area contributed by atoms with Crippen molar-refractivity contribution >= 4 is 22.5 Å². The van der Waals surface area contributed by atoms with E-state index in [-0.39, 0.29) is 11.3 Å². The molecule has 25 heavy (non-hydrogen) atoms. The summed E-state index contributed by atoms with van der Waals surface area (Å²) in [5, 5.41) is 3.55. The molecule has 3 aromatic rings. The summed E-state index contributed by atoms with van der Waals surface area (Å²) in [4.78, 5) is 29.0. The van der Waals surface area contributed by atoms with Gasteiger partial charge in [-0.3, -0.25) is 9.59 Å². The maximum Gasteiger partial charge on any atom is 0.257 e. The van der Waals surface area contributed by atoms with E-state index in [4.69, 9.17) is 0 Å². The van der Waals surface area contributed by atoms with Crippen molar-refractivity contribution in [2.75, 3.05) is 5.32 Å². The van der Waals surface area contributed by atoms with Gasteiger partial charge in [0.25, 0.3) is 5.91 Å². The van der Waals surface area contributed by atoms with Crippen molar-refractivity contribution in [1.29, 1.82) is 0 Å². The summed E-state index contributed by atoms with van der Waals surface area (Å²) < 4.78 is 0. The van der Waals surface area contributed by atoms with Gasteiger partial charge in [0.2, 0.25) is 0 Å². The molecule has 0 radical (unpaired) electrons. The number of para-hydroxylation sites is 2. The average molecular weight is 332 g/mol. The fraction of sp³-hybridized carbons (Fsp3) is 0.238. The van der Waals surface area contributed by atoms with Gasteiger partial charge >= 0.3 is 0 Å². The number of carbonyl (C=O) groups is 1. The average Bonchev–Trinajstić information content (AvgIpc) is 2.63. The van der Waals surface area contributed by atoms with Gasteiger partial charge in [-0.05, 0) is 56.4 Å². The second-order valence-corrected chi connectivity index (χ2v) is 6.62. The minimum atomic E-state index is -0.202. The number of nitrogens with one attached hydrogen (secondary N) is 2. The summed E-state index contributed by atoms with van der Waals surface area (Å²) in [6, 6.07) is 13.0. The van der Waals surface area contributed by atoms with E-state index in [2.05, 4.69) is 10.3 Å². The molecule has 1 aliphatic rings. The first-order valence-corrected chi connectivity index (χ1v) is 8.69. The number of carbonyl (C=O) groups excluding carboxylic acids is 1. The maximum atomic E-state index is 12.8. The summed E-state index contributed by atoms with van der Waals surface area (Å²) in [5.74, 6) is -0.202. The Kier molecular flexibility index (Phi) is 3.88. The molecule has 4 rings (SSSR count). The van der Waals surface area contributed by atoms with Crippen molar-refractivity contribution < 1.29 is 4.79 Å². The van der Waals surface area contributed by atoms with Crippen LogP contribution in [0.25, 0.3) is 10.9 Å². The zero-order chi connectivity index (χ0) is 17.4. The lowest BCUT2D eigenvalue weighted by Crippen LogP contribution is -2.20. The maximum absolute atomic E-state index is 12.8. The van der Waals surface area contributed by atoms with Crippen LogP contribution < -0.4 is 10.7 Å². The first-order valence-electron chi connectivity index (χ1n) is 8.69. The number of pyridine rings is 1. The van der Waals surface area contributed by atoms with Crippen LogP contribution in [0.5, 0.6) is 0 Å². The third-order valence-electron chi connectivity index (χ3n) is 4.96.